The average molecular weight is 410 g/mol. The van der Waals surface area contributed by atoms with Crippen LogP contribution in [0, 0.1) is 0 Å². The van der Waals surface area contributed by atoms with Crippen LogP contribution >= 0.6 is 23.2 Å². The van der Waals surface area contributed by atoms with Gasteiger partial charge in [-0.15, -0.1) is 0 Å². The first kappa shape index (κ1) is 19.5. The lowest BCUT2D eigenvalue weighted by Crippen LogP contribution is -2.13. The molecule has 1 aromatic heterocycles. The van der Waals surface area contributed by atoms with Gasteiger partial charge >= 0.3 is 0 Å². The molecule has 5 nitrogen and oxygen atoms in total. The van der Waals surface area contributed by atoms with Gasteiger partial charge in [0.1, 0.15) is 29.6 Å². The van der Waals surface area contributed by atoms with Crippen LogP contribution in [0.1, 0.15) is 17.0 Å². The molecule has 0 spiro atoms. The number of ether oxygens (including phenoxy) is 2. The largest absolute Gasteiger partial charge is 0.497 e. The van der Waals surface area contributed by atoms with E-state index in [1.807, 2.05) is 24.3 Å². The van der Waals surface area contributed by atoms with E-state index in [1.165, 1.54) is 0 Å². The van der Waals surface area contributed by atoms with Gasteiger partial charge in [-0.2, -0.15) is 5.10 Å². The maximum absolute atomic E-state index is 13.3. The smallest absolute Gasteiger partial charge is 0.175 e. The summed E-state index contributed by atoms with van der Waals surface area (Å²) in [5.74, 6) is 1.55. The van der Waals surface area contributed by atoms with Crippen molar-refractivity contribution in [3.63, 3.8) is 0 Å². The summed E-state index contributed by atoms with van der Waals surface area (Å²) in [7, 11) is 1.63. The Morgan fingerprint density at radius 2 is 1.74 bits per heavy atom. The third-order valence-corrected chi connectivity index (χ3v) is 4.27. The zero-order valence-electron chi connectivity index (χ0n) is 14.6. The summed E-state index contributed by atoms with van der Waals surface area (Å²) < 4.78 is 24.2. The number of nitrogens with one attached hydrogen (secondary N) is 2. The molecular formula is C19H18Cl2FN3O2. The third kappa shape index (κ3) is 5.13. The maximum atomic E-state index is 13.3. The van der Waals surface area contributed by atoms with Crippen LogP contribution in [0.3, 0.4) is 0 Å². The van der Waals surface area contributed by atoms with Crippen LogP contribution in [0.5, 0.6) is 17.2 Å². The number of aromatic amines is 1. The highest BCUT2D eigenvalue weighted by Gasteiger charge is 2.16. The first-order chi connectivity index (χ1) is 13.1. The molecule has 3 rings (SSSR count). The van der Waals surface area contributed by atoms with Crippen molar-refractivity contribution in [2.24, 2.45) is 0 Å². The van der Waals surface area contributed by atoms with Gasteiger partial charge in [0, 0.05) is 23.1 Å². The summed E-state index contributed by atoms with van der Waals surface area (Å²) in [5.41, 5.74) is 1.90. The Labute approximate surface area is 166 Å². The zero-order chi connectivity index (χ0) is 19.2. The molecule has 0 amide bonds. The predicted molar refractivity (Wildman–Crippen MR) is 103 cm³/mol. The molecule has 27 heavy (non-hydrogen) atoms. The fourth-order valence-corrected chi connectivity index (χ4v) is 3.02. The maximum Gasteiger partial charge on any atom is 0.175 e. The summed E-state index contributed by atoms with van der Waals surface area (Å²) in [4.78, 5) is 0. The van der Waals surface area contributed by atoms with Crippen LogP contribution < -0.4 is 14.8 Å². The summed E-state index contributed by atoms with van der Waals surface area (Å²) in [6, 6.07) is 12.5. The van der Waals surface area contributed by atoms with Crippen molar-refractivity contribution < 1.29 is 13.9 Å². The molecule has 142 valence electrons. The van der Waals surface area contributed by atoms with E-state index < -0.39 is 6.67 Å². The van der Waals surface area contributed by atoms with Crippen molar-refractivity contribution >= 4 is 23.2 Å². The van der Waals surface area contributed by atoms with Gasteiger partial charge in [-0.25, -0.2) is 4.39 Å². The minimum absolute atomic E-state index is 0.257. The molecule has 0 saturated carbocycles. The number of halogens is 3. The minimum Gasteiger partial charge on any atom is -0.497 e. The lowest BCUT2D eigenvalue weighted by atomic mass is 10.2. The number of methoxy groups -OCH3 is 1. The number of benzene rings is 2. The molecule has 8 heteroatoms. The molecule has 0 aliphatic rings. The summed E-state index contributed by atoms with van der Waals surface area (Å²) in [5, 5.41) is 10.9. The van der Waals surface area contributed by atoms with E-state index in [2.05, 4.69) is 15.5 Å². The molecule has 2 aromatic carbocycles. The number of rotatable bonds is 8. The van der Waals surface area contributed by atoms with Crippen LogP contribution in [-0.2, 0) is 19.8 Å². The van der Waals surface area contributed by atoms with E-state index in [0.29, 0.717) is 40.3 Å². The molecule has 0 aliphatic heterocycles. The Morgan fingerprint density at radius 1 is 1.04 bits per heavy atom. The van der Waals surface area contributed by atoms with Crippen LogP contribution in [0.2, 0.25) is 10.0 Å². The second-order valence-electron chi connectivity index (χ2n) is 5.77. The number of H-pyrrole nitrogens is 1. The molecule has 0 unspecified atom stereocenters. The second kappa shape index (κ2) is 9.08. The van der Waals surface area contributed by atoms with E-state index in [9.17, 15) is 4.39 Å². The third-order valence-electron chi connectivity index (χ3n) is 3.83. The van der Waals surface area contributed by atoms with Gasteiger partial charge in [0.25, 0.3) is 0 Å². The number of hydrogen-bond donors (Lipinski definition) is 2. The zero-order valence-corrected chi connectivity index (χ0v) is 16.1. The van der Waals surface area contributed by atoms with Crippen LogP contribution in [0.4, 0.5) is 4.39 Å². The molecule has 0 atom stereocenters. The highest BCUT2D eigenvalue weighted by atomic mass is 35.5. The highest BCUT2D eigenvalue weighted by Crippen LogP contribution is 2.32. The average Bonchev–Trinajstić information content (AvgIpc) is 3.03. The van der Waals surface area contributed by atoms with Crippen molar-refractivity contribution in [1.29, 1.82) is 0 Å². The predicted octanol–water partition coefficient (Wildman–Crippen LogP) is 5.28. The monoisotopic (exact) mass is 409 g/mol. The Balaban J connectivity index is 1.69. The first-order valence-electron chi connectivity index (χ1n) is 8.18. The summed E-state index contributed by atoms with van der Waals surface area (Å²) in [6.45, 7) is 0.283. The minimum atomic E-state index is -0.727. The van der Waals surface area contributed by atoms with Crippen LogP contribution in [-0.4, -0.2) is 17.3 Å². The van der Waals surface area contributed by atoms with Crippen LogP contribution in [0.25, 0.3) is 0 Å². The van der Waals surface area contributed by atoms with E-state index in [4.69, 9.17) is 32.7 Å². The Bertz CT molecular complexity index is 880. The van der Waals surface area contributed by atoms with Crippen molar-refractivity contribution in [1.82, 2.24) is 15.5 Å². The fourth-order valence-electron chi connectivity index (χ4n) is 2.52. The topological polar surface area (TPSA) is 59.2 Å². The van der Waals surface area contributed by atoms with Crippen LogP contribution in [0.15, 0.2) is 42.5 Å². The molecular weight excluding hydrogens is 392 g/mol. The first-order valence-corrected chi connectivity index (χ1v) is 8.94. The molecule has 0 fully saturated rings. The molecule has 1 heterocycles. The van der Waals surface area contributed by atoms with Gasteiger partial charge < -0.3 is 14.8 Å². The quantitative estimate of drug-likeness (QED) is 0.531. The molecule has 2 N–H and O–H groups in total. The number of hydrogen-bond acceptors (Lipinski definition) is 4. The molecule has 0 radical (unpaired) electrons. The van der Waals surface area contributed by atoms with Crippen molar-refractivity contribution in [3.05, 3.63) is 69.5 Å². The molecule has 0 bridgehead atoms. The van der Waals surface area contributed by atoms with E-state index in [-0.39, 0.29) is 5.69 Å². The van der Waals surface area contributed by atoms with Gasteiger partial charge in [0.05, 0.1) is 7.11 Å². The van der Waals surface area contributed by atoms with Crippen molar-refractivity contribution in [2.45, 2.75) is 19.8 Å². The van der Waals surface area contributed by atoms with Gasteiger partial charge in [-0.3, -0.25) is 5.10 Å². The molecule has 0 aliphatic carbocycles. The highest BCUT2D eigenvalue weighted by molar-refractivity contribution is 6.34. The Morgan fingerprint density at radius 3 is 2.37 bits per heavy atom. The number of aromatic nitrogens is 2. The van der Waals surface area contributed by atoms with Crippen molar-refractivity contribution in [2.75, 3.05) is 7.11 Å². The van der Waals surface area contributed by atoms with E-state index in [1.54, 1.807) is 25.3 Å². The standard InChI is InChI=1S/C19H18Cl2FN3O2/c1-26-15-4-2-12(3-5-15)10-23-11-18-19(17(9-22)24-25-18)27-16-7-13(20)6-14(21)8-16/h2-8,23H,9-11H2,1H3,(H,24,25). The Hall–Kier alpha value is -2.28. The van der Waals surface area contributed by atoms with Crippen molar-refractivity contribution in [3.8, 4) is 17.2 Å². The van der Waals surface area contributed by atoms with Gasteiger partial charge in [0.2, 0.25) is 0 Å². The number of nitrogens with zero attached hydrogens (tertiary/aromatic N) is 1. The SMILES string of the molecule is COc1ccc(CNCc2n[nH]c(CF)c2Oc2cc(Cl)cc(Cl)c2)cc1. The van der Waals surface area contributed by atoms with Gasteiger partial charge in [-0.1, -0.05) is 35.3 Å². The lowest BCUT2D eigenvalue weighted by Gasteiger charge is -2.09. The molecule has 3 aromatic rings. The van der Waals surface area contributed by atoms with E-state index >= 15 is 0 Å². The normalized spacial score (nSPS) is 10.8. The Kier molecular flexibility index (Phi) is 6.55. The lowest BCUT2D eigenvalue weighted by molar-refractivity contribution is 0.414. The van der Waals surface area contributed by atoms with E-state index in [0.717, 1.165) is 11.3 Å². The van der Waals surface area contributed by atoms with Gasteiger partial charge in [0.15, 0.2) is 5.75 Å². The summed E-state index contributed by atoms with van der Waals surface area (Å²) in [6.07, 6.45) is 0. The fraction of sp³-hybridized carbons (Fsp3) is 0.211. The molecule has 0 saturated heterocycles. The second-order valence-corrected chi connectivity index (χ2v) is 6.64. The van der Waals surface area contributed by atoms with Gasteiger partial charge in [-0.05, 0) is 35.9 Å². The summed E-state index contributed by atoms with van der Waals surface area (Å²) >= 11 is 12.0. The number of alkyl halides is 1.